The van der Waals surface area contributed by atoms with Crippen molar-refractivity contribution in [2.75, 3.05) is 0 Å². The van der Waals surface area contributed by atoms with E-state index in [2.05, 4.69) is 9.40 Å². The van der Waals surface area contributed by atoms with Crippen molar-refractivity contribution < 1.29 is 22.7 Å². The maximum absolute atomic E-state index is 12.1. The molecule has 1 atom stereocenters. The van der Waals surface area contributed by atoms with Gasteiger partial charge in [-0.2, -0.15) is 13.2 Å². The predicted molar refractivity (Wildman–Crippen MR) is 52.5 cm³/mol. The quantitative estimate of drug-likeness (QED) is 0.854. The largest absolute Gasteiger partial charge is 0.417 e. The van der Waals surface area contributed by atoms with Crippen molar-refractivity contribution in [2.24, 2.45) is 0 Å². The first-order valence-corrected chi connectivity index (χ1v) is 4.73. The summed E-state index contributed by atoms with van der Waals surface area (Å²) in [6.45, 7) is 0. The lowest BCUT2D eigenvalue weighted by atomic mass is 10.1. The molecule has 92 valence electrons. The maximum atomic E-state index is 12.1. The fourth-order valence-corrected chi connectivity index (χ4v) is 1.51. The molecule has 4 nitrogen and oxygen atoms in total. The first-order valence-electron chi connectivity index (χ1n) is 4.73. The summed E-state index contributed by atoms with van der Waals surface area (Å²) in [5.41, 5.74) is 0.546. The number of halogens is 3. The van der Waals surface area contributed by atoms with E-state index in [1.165, 1.54) is 18.2 Å². The summed E-state index contributed by atoms with van der Waals surface area (Å²) < 4.78 is 40.9. The number of hydrogen-bond acceptors (Lipinski definition) is 3. The second-order valence-corrected chi connectivity index (χ2v) is 3.61. The Morgan fingerprint density at radius 1 is 1.41 bits per heavy atom. The third-order valence-electron chi connectivity index (χ3n) is 2.25. The van der Waals surface area contributed by atoms with Crippen LogP contribution >= 0.6 is 0 Å². The molecule has 2 rings (SSSR count). The van der Waals surface area contributed by atoms with E-state index in [0.717, 1.165) is 0 Å². The Balaban J connectivity index is 2.32. The fourth-order valence-electron chi connectivity index (χ4n) is 1.51. The van der Waals surface area contributed by atoms with Gasteiger partial charge in [-0.15, -0.1) is 0 Å². The van der Waals surface area contributed by atoms with Crippen LogP contribution in [0.15, 0.2) is 27.4 Å². The average molecular weight is 247 g/mol. The number of oxazole rings is 1. The second kappa shape index (κ2) is 3.92. The molecule has 2 aromatic rings. The van der Waals surface area contributed by atoms with E-state index in [1.54, 1.807) is 0 Å². The van der Waals surface area contributed by atoms with Crippen LogP contribution in [0.25, 0.3) is 11.1 Å². The molecule has 0 aliphatic heterocycles. The van der Waals surface area contributed by atoms with Gasteiger partial charge >= 0.3 is 11.9 Å². The number of aliphatic hydroxyl groups excluding tert-OH is 1. The van der Waals surface area contributed by atoms with E-state index in [0.29, 0.717) is 5.52 Å². The predicted octanol–water partition coefficient (Wildman–Crippen LogP) is 2.11. The summed E-state index contributed by atoms with van der Waals surface area (Å²) in [6.07, 6.45) is -7.46. The minimum atomic E-state index is -4.45. The summed E-state index contributed by atoms with van der Waals surface area (Å²) in [4.78, 5) is 13.2. The molecule has 0 bridgehead atoms. The first-order chi connectivity index (χ1) is 7.85. The van der Waals surface area contributed by atoms with Crippen LogP contribution in [-0.2, 0) is 0 Å². The maximum Gasteiger partial charge on any atom is 0.417 e. The molecule has 1 aromatic heterocycles. The Hall–Kier alpha value is -1.76. The van der Waals surface area contributed by atoms with Crippen LogP contribution in [0.2, 0.25) is 0 Å². The number of benzene rings is 1. The minimum absolute atomic E-state index is 0.0533. The van der Waals surface area contributed by atoms with Crippen molar-refractivity contribution in [3.05, 3.63) is 34.3 Å². The summed E-state index contributed by atoms with van der Waals surface area (Å²) in [5.74, 6) is -0.692. The van der Waals surface area contributed by atoms with Gasteiger partial charge in [0.2, 0.25) is 0 Å². The van der Waals surface area contributed by atoms with Gasteiger partial charge in [0.25, 0.3) is 0 Å². The lowest BCUT2D eigenvalue weighted by molar-refractivity contribution is -0.154. The van der Waals surface area contributed by atoms with E-state index in [9.17, 15) is 23.1 Å². The van der Waals surface area contributed by atoms with Crippen LogP contribution < -0.4 is 5.76 Å². The highest BCUT2D eigenvalue weighted by Crippen LogP contribution is 2.30. The molecular weight excluding hydrogens is 239 g/mol. The highest BCUT2D eigenvalue weighted by molar-refractivity contribution is 5.72. The number of nitrogens with one attached hydrogen (secondary N) is 1. The third kappa shape index (κ3) is 2.68. The molecule has 1 aromatic carbocycles. The summed E-state index contributed by atoms with van der Waals surface area (Å²) in [6, 6.07) is 3.91. The van der Waals surface area contributed by atoms with Gasteiger partial charge in [0.05, 0.1) is 18.0 Å². The number of H-pyrrole nitrogens is 1. The molecule has 0 saturated heterocycles. The van der Waals surface area contributed by atoms with Crippen LogP contribution in [0.3, 0.4) is 0 Å². The van der Waals surface area contributed by atoms with E-state index in [-0.39, 0.29) is 11.1 Å². The Morgan fingerprint density at radius 3 is 2.76 bits per heavy atom. The highest BCUT2D eigenvalue weighted by Gasteiger charge is 2.31. The lowest BCUT2D eigenvalue weighted by Gasteiger charge is -2.12. The van der Waals surface area contributed by atoms with Gasteiger partial charge in [0.15, 0.2) is 5.58 Å². The van der Waals surface area contributed by atoms with Crippen LogP contribution in [0, 0.1) is 0 Å². The molecule has 0 radical (unpaired) electrons. The van der Waals surface area contributed by atoms with Crippen LogP contribution in [-0.4, -0.2) is 16.3 Å². The number of aliphatic hydroxyl groups is 1. The zero-order valence-corrected chi connectivity index (χ0v) is 8.41. The molecular formula is C10H8F3NO3. The fraction of sp³-hybridized carbons (Fsp3) is 0.300. The summed E-state index contributed by atoms with van der Waals surface area (Å²) in [5, 5.41) is 9.37. The number of rotatable bonds is 2. The van der Waals surface area contributed by atoms with Crippen LogP contribution in [0.1, 0.15) is 18.1 Å². The van der Waals surface area contributed by atoms with Gasteiger partial charge in [-0.25, -0.2) is 4.79 Å². The van der Waals surface area contributed by atoms with Crippen molar-refractivity contribution in [3.8, 4) is 0 Å². The number of hydrogen-bond donors (Lipinski definition) is 2. The SMILES string of the molecule is O=c1[nH]c2ccc(C(O)CC(F)(F)F)cc2o1. The molecule has 7 heteroatoms. The Bertz CT molecular complexity index is 584. The monoisotopic (exact) mass is 247 g/mol. The Kier molecular flexibility index (Phi) is 2.70. The minimum Gasteiger partial charge on any atom is -0.408 e. The Labute approximate surface area is 92.7 Å². The summed E-state index contributed by atoms with van der Waals surface area (Å²) >= 11 is 0. The number of fused-ring (bicyclic) bond motifs is 1. The smallest absolute Gasteiger partial charge is 0.408 e. The molecule has 0 amide bonds. The standard InChI is InChI=1S/C10H8F3NO3/c11-10(12,13)4-7(15)5-1-2-6-8(3-5)17-9(16)14-6/h1-3,7,15H,4H2,(H,14,16). The molecule has 0 spiro atoms. The van der Waals surface area contributed by atoms with Crippen molar-refractivity contribution in [1.82, 2.24) is 4.98 Å². The zero-order valence-electron chi connectivity index (χ0n) is 8.41. The Morgan fingerprint density at radius 2 is 2.12 bits per heavy atom. The van der Waals surface area contributed by atoms with Gasteiger partial charge in [-0.05, 0) is 17.7 Å². The lowest BCUT2D eigenvalue weighted by Crippen LogP contribution is -2.13. The molecule has 0 fully saturated rings. The molecule has 17 heavy (non-hydrogen) atoms. The van der Waals surface area contributed by atoms with Crippen molar-refractivity contribution in [3.63, 3.8) is 0 Å². The normalized spacial score (nSPS) is 14.1. The van der Waals surface area contributed by atoms with E-state index in [4.69, 9.17) is 0 Å². The number of aromatic nitrogens is 1. The topological polar surface area (TPSA) is 66.2 Å². The zero-order chi connectivity index (χ0) is 12.6. The van der Waals surface area contributed by atoms with Crippen LogP contribution in [0.5, 0.6) is 0 Å². The molecule has 0 aliphatic carbocycles. The molecule has 0 aliphatic rings. The summed E-state index contributed by atoms with van der Waals surface area (Å²) in [7, 11) is 0. The van der Waals surface area contributed by atoms with Gasteiger partial charge < -0.3 is 9.52 Å². The van der Waals surface area contributed by atoms with Crippen molar-refractivity contribution in [1.29, 1.82) is 0 Å². The van der Waals surface area contributed by atoms with Gasteiger partial charge in [0, 0.05) is 0 Å². The first kappa shape index (κ1) is 11.7. The van der Waals surface area contributed by atoms with Crippen molar-refractivity contribution in [2.45, 2.75) is 18.7 Å². The number of alkyl halides is 3. The van der Waals surface area contributed by atoms with Crippen LogP contribution in [0.4, 0.5) is 13.2 Å². The van der Waals surface area contributed by atoms with E-state index < -0.39 is 24.5 Å². The number of aromatic amines is 1. The third-order valence-corrected chi connectivity index (χ3v) is 2.25. The molecule has 0 saturated carbocycles. The van der Waals surface area contributed by atoms with Gasteiger partial charge in [0.1, 0.15) is 0 Å². The molecule has 1 unspecified atom stereocenters. The molecule has 1 heterocycles. The van der Waals surface area contributed by atoms with Gasteiger partial charge in [-0.3, -0.25) is 4.98 Å². The van der Waals surface area contributed by atoms with Gasteiger partial charge in [-0.1, -0.05) is 6.07 Å². The molecule has 2 N–H and O–H groups in total. The van der Waals surface area contributed by atoms with E-state index >= 15 is 0 Å². The van der Waals surface area contributed by atoms with E-state index in [1.807, 2.05) is 0 Å². The average Bonchev–Trinajstić information content (AvgIpc) is 2.53. The second-order valence-electron chi connectivity index (χ2n) is 3.61. The highest BCUT2D eigenvalue weighted by atomic mass is 19.4. The van der Waals surface area contributed by atoms with Crippen molar-refractivity contribution >= 4 is 11.1 Å².